The van der Waals surface area contributed by atoms with Crippen molar-refractivity contribution in [2.45, 2.75) is 13.0 Å². The molecule has 15 heavy (non-hydrogen) atoms. The van der Waals surface area contributed by atoms with Crippen molar-refractivity contribution in [1.29, 1.82) is 0 Å². The molecule has 0 spiro atoms. The quantitative estimate of drug-likeness (QED) is 0.733. The highest BCUT2D eigenvalue weighted by Crippen LogP contribution is 1.98. The van der Waals surface area contributed by atoms with E-state index >= 15 is 0 Å². The summed E-state index contributed by atoms with van der Waals surface area (Å²) in [5.41, 5.74) is 1.28. The zero-order chi connectivity index (χ0) is 10.5. The lowest BCUT2D eigenvalue weighted by Crippen LogP contribution is -2.16. The summed E-state index contributed by atoms with van der Waals surface area (Å²) in [4.78, 5) is 3.94. The van der Waals surface area contributed by atoms with Gasteiger partial charge in [-0.3, -0.25) is 0 Å². The Morgan fingerprint density at radius 1 is 1.53 bits per heavy atom. The van der Waals surface area contributed by atoms with Gasteiger partial charge in [-0.1, -0.05) is 5.16 Å². The second kappa shape index (κ2) is 4.75. The maximum atomic E-state index is 4.88. The molecule has 0 atom stereocenters. The summed E-state index contributed by atoms with van der Waals surface area (Å²) in [7, 11) is 2.02. The smallest absolute Gasteiger partial charge is 0.227 e. The Hall–Kier alpha value is -1.62. The number of nitrogens with one attached hydrogen (secondary N) is 1. The average Bonchev–Trinajstić information content (AvgIpc) is 2.84. The van der Waals surface area contributed by atoms with Gasteiger partial charge in [-0.2, -0.15) is 4.98 Å². The minimum absolute atomic E-state index is 0.676. The number of hydrogen-bond donors (Lipinski definition) is 1. The summed E-state index contributed by atoms with van der Waals surface area (Å²) < 4.78 is 6.92. The van der Waals surface area contributed by atoms with Crippen LogP contribution in [0.4, 0.5) is 0 Å². The fraction of sp³-hybridized carbons (Fsp3) is 0.400. The summed E-state index contributed by atoms with van der Waals surface area (Å²) >= 11 is 0. The van der Waals surface area contributed by atoms with E-state index < -0.39 is 0 Å². The van der Waals surface area contributed by atoms with E-state index in [4.69, 9.17) is 4.52 Å². The number of rotatable bonds is 5. The zero-order valence-electron chi connectivity index (χ0n) is 8.68. The van der Waals surface area contributed by atoms with Gasteiger partial charge >= 0.3 is 0 Å². The lowest BCUT2D eigenvalue weighted by molar-refractivity contribution is 0.375. The Bertz CT molecular complexity index is 393. The molecule has 2 rings (SSSR count). The molecule has 0 fully saturated rings. The largest absolute Gasteiger partial charge is 0.357 e. The normalized spacial score (nSPS) is 10.7. The van der Waals surface area contributed by atoms with Crippen LogP contribution in [0.5, 0.6) is 0 Å². The molecule has 0 unspecified atom stereocenters. The topological polar surface area (TPSA) is 55.9 Å². The molecule has 0 aliphatic heterocycles. The van der Waals surface area contributed by atoms with Crippen LogP contribution < -0.4 is 5.32 Å². The van der Waals surface area contributed by atoms with Crippen LogP contribution in [0.25, 0.3) is 0 Å². The number of nitrogens with zero attached hydrogens (tertiary/aromatic N) is 3. The van der Waals surface area contributed by atoms with Crippen molar-refractivity contribution in [3.63, 3.8) is 0 Å². The van der Waals surface area contributed by atoms with Crippen LogP contribution in [0.15, 0.2) is 29.3 Å². The van der Waals surface area contributed by atoms with Crippen LogP contribution in [0.3, 0.4) is 0 Å². The molecule has 0 aliphatic rings. The van der Waals surface area contributed by atoms with Gasteiger partial charge in [0.1, 0.15) is 0 Å². The van der Waals surface area contributed by atoms with Crippen molar-refractivity contribution < 1.29 is 4.52 Å². The van der Waals surface area contributed by atoms with Crippen LogP contribution >= 0.6 is 0 Å². The van der Waals surface area contributed by atoms with Crippen LogP contribution in [0.2, 0.25) is 0 Å². The Kier molecular flexibility index (Phi) is 3.14. The molecular weight excluding hydrogens is 192 g/mol. The third kappa shape index (κ3) is 2.92. The van der Waals surface area contributed by atoms with E-state index in [1.54, 1.807) is 0 Å². The second-order valence-corrected chi connectivity index (χ2v) is 3.45. The second-order valence-electron chi connectivity index (χ2n) is 3.45. The van der Waals surface area contributed by atoms with Crippen molar-refractivity contribution in [3.8, 4) is 0 Å². The zero-order valence-corrected chi connectivity index (χ0v) is 8.68. The number of aryl methyl sites for hydroxylation is 1. The summed E-state index contributed by atoms with van der Waals surface area (Å²) in [6.07, 6.45) is 6.33. The molecule has 1 N–H and O–H groups in total. The first-order valence-electron chi connectivity index (χ1n) is 4.92. The van der Waals surface area contributed by atoms with E-state index in [-0.39, 0.29) is 0 Å². The van der Waals surface area contributed by atoms with E-state index in [2.05, 4.69) is 27.7 Å². The van der Waals surface area contributed by atoms with Crippen molar-refractivity contribution in [2.24, 2.45) is 7.05 Å². The molecule has 0 bridgehead atoms. The number of hydrogen-bond acceptors (Lipinski definition) is 4. The third-order valence-electron chi connectivity index (χ3n) is 2.14. The summed E-state index contributed by atoms with van der Waals surface area (Å²) in [5.74, 6) is 0.676. The Labute approximate surface area is 88.1 Å². The molecule has 0 aliphatic carbocycles. The molecular formula is C10H14N4O. The number of aromatic nitrogens is 3. The van der Waals surface area contributed by atoms with Crippen molar-refractivity contribution >= 4 is 0 Å². The van der Waals surface area contributed by atoms with Crippen LogP contribution in [0, 0.1) is 0 Å². The maximum absolute atomic E-state index is 4.88. The lowest BCUT2D eigenvalue weighted by atomic mass is 10.3. The Balaban J connectivity index is 1.67. The average molecular weight is 206 g/mol. The van der Waals surface area contributed by atoms with Gasteiger partial charge in [0.25, 0.3) is 0 Å². The highest BCUT2D eigenvalue weighted by atomic mass is 16.5. The monoisotopic (exact) mass is 206 g/mol. The molecule has 2 aromatic heterocycles. The van der Waals surface area contributed by atoms with Crippen LogP contribution in [-0.4, -0.2) is 21.3 Å². The van der Waals surface area contributed by atoms with Gasteiger partial charge in [-0.05, 0) is 11.6 Å². The molecule has 80 valence electrons. The third-order valence-corrected chi connectivity index (χ3v) is 2.14. The van der Waals surface area contributed by atoms with Gasteiger partial charge in [0.2, 0.25) is 5.89 Å². The van der Waals surface area contributed by atoms with E-state index in [1.807, 2.05) is 17.8 Å². The van der Waals surface area contributed by atoms with Gasteiger partial charge in [0.15, 0.2) is 6.33 Å². The fourth-order valence-electron chi connectivity index (χ4n) is 1.40. The molecule has 2 aromatic rings. The van der Waals surface area contributed by atoms with Gasteiger partial charge in [-0.25, -0.2) is 0 Å². The molecule has 0 saturated heterocycles. The highest BCUT2D eigenvalue weighted by molar-refractivity contribution is 5.09. The molecule has 2 heterocycles. The van der Waals surface area contributed by atoms with E-state index in [0.29, 0.717) is 5.89 Å². The molecule has 5 nitrogen and oxygen atoms in total. The van der Waals surface area contributed by atoms with E-state index in [9.17, 15) is 0 Å². The minimum atomic E-state index is 0.676. The predicted molar refractivity (Wildman–Crippen MR) is 55.1 cm³/mol. The predicted octanol–water partition coefficient (Wildman–Crippen LogP) is 0.740. The fourth-order valence-corrected chi connectivity index (χ4v) is 1.40. The standard InChI is InChI=1S/C10H14N4O/c1-14-5-3-9(7-14)6-11-4-2-10-12-8-13-15-10/h3,5,7-8,11H,2,4,6H2,1H3. The van der Waals surface area contributed by atoms with E-state index in [0.717, 1.165) is 19.5 Å². The van der Waals surface area contributed by atoms with Gasteiger partial charge in [-0.15, -0.1) is 0 Å². The molecule has 0 radical (unpaired) electrons. The molecule has 0 aromatic carbocycles. The first-order valence-corrected chi connectivity index (χ1v) is 4.92. The van der Waals surface area contributed by atoms with Gasteiger partial charge in [0, 0.05) is 39.0 Å². The highest BCUT2D eigenvalue weighted by Gasteiger charge is 1.98. The van der Waals surface area contributed by atoms with Gasteiger partial charge < -0.3 is 14.4 Å². The SMILES string of the molecule is Cn1ccc(CNCCc2ncno2)c1. The van der Waals surface area contributed by atoms with Crippen LogP contribution in [0.1, 0.15) is 11.5 Å². The van der Waals surface area contributed by atoms with Crippen molar-refractivity contribution in [2.75, 3.05) is 6.54 Å². The molecule has 5 heteroatoms. The lowest BCUT2D eigenvalue weighted by Gasteiger charge is -1.99. The Morgan fingerprint density at radius 2 is 2.47 bits per heavy atom. The van der Waals surface area contributed by atoms with Crippen LogP contribution in [-0.2, 0) is 20.0 Å². The molecule has 0 saturated carbocycles. The first-order chi connectivity index (χ1) is 7.34. The van der Waals surface area contributed by atoms with E-state index in [1.165, 1.54) is 11.9 Å². The summed E-state index contributed by atoms with van der Waals surface area (Å²) in [6.45, 7) is 1.71. The first kappa shape index (κ1) is 9.92. The maximum Gasteiger partial charge on any atom is 0.227 e. The van der Waals surface area contributed by atoms with Crippen molar-refractivity contribution in [3.05, 3.63) is 36.2 Å². The van der Waals surface area contributed by atoms with Crippen molar-refractivity contribution in [1.82, 2.24) is 20.0 Å². The summed E-state index contributed by atoms with van der Waals surface area (Å²) in [6, 6.07) is 2.10. The Morgan fingerprint density at radius 3 is 3.13 bits per heavy atom. The molecule has 0 amide bonds. The summed E-state index contributed by atoms with van der Waals surface area (Å²) in [5, 5.41) is 6.86. The minimum Gasteiger partial charge on any atom is -0.357 e. The van der Waals surface area contributed by atoms with Gasteiger partial charge in [0.05, 0.1) is 0 Å².